The number of ether oxygens (including phenoxy) is 1. The predicted molar refractivity (Wildman–Crippen MR) is 56.6 cm³/mol. The third kappa shape index (κ3) is 2.16. The van der Waals surface area contributed by atoms with Gasteiger partial charge in [0.15, 0.2) is 0 Å². The first kappa shape index (κ1) is 9.31. The van der Waals surface area contributed by atoms with E-state index in [-0.39, 0.29) is 0 Å². The number of nitrogens with zero attached hydrogens (tertiary/aromatic N) is 1. The van der Waals surface area contributed by atoms with E-state index < -0.39 is 0 Å². The van der Waals surface area contributed by atoms with Gasteiger partial charge in [-0.25, -0.2) is 0 Å². The van der Waals surface area contributed by atoms with Crippen molar-refractivity contribution in [1.82, 2.24) is 4.98 Å². The van der Waals surface area contributed by atoms with Gasteiger partial charge in [-0.05, 0) is 25.3 Å². The van der Waals surface area contributed by atoms with Gasteiger partial charge in [0.25, 0.3) is 0 Å². The molecule has 0 amide bonds. The maximum absolute atomic E-state index is 5.32. The van der Waals surface area contributed by atoms with Crippen LogP contribution < -0.4 is 10.1 Å². The summed E-state index contributed by atoms with van der Waals surface area (Å²) in [6.07, 6.45) is 1.25. The van der Waals surface area contributed by atoms with Crippen molar-refractivity contribution < 1.29 is 4.74 Å². The van der Waals surface area contributed by atoms with Gasteiger partial charge in [-0.2, -0.15) is 4.98 Å². The van der Waals surface area contributed by atoms with Gasteiger partial charge >= 0.3 is 0 Å². The Bertz CT molecular complexity index is 314. The number of rotatable bonds is 4. The topological polar surface area (TPSA) is 34.1 Å². The van der Waals surface area contributed by atoms with Crippen LogP contribution in [0.4, 0.5) is 5.82 Å². The average Bonchev–Trinajstić information content (AvgIpc) is 2.83. The molecule has 2 unspecified atom stereocenters. The summed E-state index contributed by atoms with van der Waals surface area (Å²) >= 11 is 0. The van der Waals surface area contributed by atoms with Crippen LogP contribution in [-0.4, -0.2) is 17.6 Å². The zero-order valence-corrected chi connectivity index (χ0v) is 8.66. The molecule has 0 bridgehead atoms. The summed E-state index contributed by atoms with van der Waals surface area (Å²) in [7, 11) is 0. The zero-order chi connectivity index (χ0) is 9.97. The summed E-state index contributed by atoms with van der Waals surface area (Å²) in [5, 5.41) is 3.37. The highest BCUT2D eigenvalue weighted by Gasteiger charge is 2.32. The van der Waals surface area contributed by atoms with Crippen LogP contribution in [0.5, 0.6) is 5.88 Å². The maximum atomic E-state index is 5.32. The highest BCUT2D eigenvalue weighted by atomic mass is 16.5. The van der Waals surface area contributed by atoms with E-state index in [1.807, 2.05) is 25.1 Å². The van der Waals surface area contributed by atoms with Gasteiger partial charge in [-0.15, -0.1) is 0 Å². The first-order valence-corrected chi connectivity index (χ1v) is 5.16. The molecule has 1 aromatic heterocycles. The molecule has 1 saturated carbocycles. The molecule has 0 spiro atoms. The predicted octanol–water partition coefficient (Wildman–Crippen LogP) is 2.30. The molecular weight excluding hydrogens is 176 g/mol. The molecule has 1 aromatic rings. The summed E-state index contributed by atoms with van der Waals surface area (Å²) in [5.41, 5.74) is 0. The Morgan fingerprint density at radius 2 is 2.36 bits per heavy atom. The minimum Gasteiger partial charge on any atom is -0.478 e. The summed E-state index contributed by atoms with van der Waals surface area (Å²) in [6, 6.07) is 6.44. The third-order valence-electron chi connectivity index (χ3n) is 2.46. The molecule has 0 aliphatic heterocycles. The van der Waals surface area contributed by atoms with Crippen molar-refractivity contribution in [2.75, 3.05) is 11.9 Å². The Hall–Kier alpha value is -1.25. The Balaban J connectivity index is 1.99. The van der Waals surface area contributed by atoms with Crippen LogP contribution in [0.3, 0.4) is 0 Å². The second-order valence-electron chi connectivity index (χ2n) is 3.76. The van der Waals surface area contributed by atoms with Crippen molar-refractivity contribution in [1.29, 1.82) is 0 Å². The van der Waals surface area contributed by atoms with Crippen molar-refractivity contribution in [3.8, 4) is 5.88 Å². The molecule has 0 radical (unpaired) electrons. The minimum atomic E-state index is 0.611. The van der Waals surface area contributed by atoms with E-state index in [0.29, 0.717) is 18.5 Å². The van der Waals surface area contributed by atoms with Gasteiger partial charge in [0.1, 0.15) is 5.82 Å². The first-order valence-electron chi connectivity index (χ1n) is 5.16. The summed E-state index contributed by atoms with van der Waals surface area (Å²) < 4.78 is 5.32. The Morgan fingerprint density at radius 1 is 1.57 bits per heavy atom. The van der Waals surface area contributed by atoms with Crippen LogP contribution in [0.1, 0.15) is 20.3 Å². The number of hydrogen-bond donors (Lipinski definition) is 1. The Labute approximate surface area is 84.5 Å². The van der Waals surface area contributed by atoms with Gasteiger partial charge < -0.3 is 10.1 Å². The fourth-order valence-electron chi connectivity index (χ4n) is 1.44. The van der Waals surface area contributed by atoms with Gasteiger partial charge in [0, 0.05) is 12.1 Å². The third-order valence-corrected chi connectivity index (χ3v) is 2.46. The van der Waals surface area contributed by atoms with Crippen molar-refractivity contribution >= 4 is 5.82 Å². The molecule has 1 aliphatic carbocycles. The van der Waals surface area contributed by atoms with E-state index in [1.165, 1.54) is 6.42 Å². The molecule has 14 heavy (non-hydrogen) atoms. The Kier molecular flexibility index (Phi) is 2.57. The lowest BCUT2D eigenvalue weighted by Crippen LogP contribution is -2.05. The summed E-state index contributed by atoms with van der Waals surface area (Å²) in [5.74, 6) is 2.41. The van der Waals surface area contributed by atoms with E-state index in [0.717, 1.165) is 11.7 Å². The molecule has 1 aliphatic rings. The molecule has 1 heterocycles. The van der Waals surface area contributed by atoms with Gasteiger partial charge in [-0.3, -0.25) is 0 Å². The van der Waals surface area contributed by atoms with Crippen LogP contribution >= 0.6 is 0 Å². The van der Waals surface area contributed by atoms with Crippen molar-refractivity contribution in [3.63, 3.8) is 0 Å². The van der Waals surface area contributed by atoms with Gasteiger partial charge in [0.05, 0.1) is 6.61 Å². The SMILES string of the molecule is CCOc1cccc(NC2CC2C)n1. The lowest BCUT2D eigenvalue weighted by atomic mass is 10.4. The van der Waals surface area contributed by atoms with Gasteiger partial charge in [0.2, 0.25) is 5.88 Å². The van der Waals surface area contributed by atoms with Gasteiger partial charge in [-0.1, -0.05) is 13.0 Å². The van der Waals surface area contributed by atoms with E-state index in [2.05, 4.69) is 17.2 Å². The van der Waals surface area contributed by atoms with Crippen molar-refractivity contribution in [2.24, 2.45) is 5.92 Å². The van der Waals surface area contributed by atoms with E-state index in [1.54, 1.807) is 0 Å². The number of pyridine rings is 1. The minimum absolute atomic E-state index is 0.611. The largest absolute Gasteiger partial charge is 0.478 e. The number of aromatic nitrogens is 1. The maximum Gasteiger partial charge on any atom is 0.215 e. The van der Waals surface area contributed by atoms with E-state index >= 15 is 0 Å². The summed E-state index contributed by atoms with van der Waals surface area (Å²) in [6.45, 7) is 4.87. The molecule has 3 nitrogen and oxygen atoms in total. The highest BCUT2D eigenvalue weighted by molar-refractivity contribution is 5.39. The van der Waals surface area contributed by atoms with Crippen molar-refractivity contribution in [2.45, 2.75) is 26.3 Å². The molecule has 3 heteroatoms. The smallest absolute Gasteiger partial charge is 0.215 e. The molecule has 76 valence electrons. The number of nitrogens with one attached hydrogen (secondary N) is 1. The highest BCUT2D eigenvalue weighted by Crippen LogP contribution is 2.32. The standard InChI is InChI=1S/C11H16N2O/c1-3-14-11-6-4-5-10(13-11)12-9-7-8(9)2/h4-6,8-9H,3,7H2,1-2H3,(H,12,13). The van der Waals surface area contributed by atoms with Crippen molar-refractivity contribution in [3.05, 3.63) is 18.2 Å². The summed E-state index contributed by atoms with van der Waals surface area (Å²) in [4.78, 5) is 4.34. The molecule has 2 atom stereocenters. The number of anilines is 1. The van der Waals surface area contributed by atoms with Crippen LogP contribution in [0.15, 0.2) is 18.2 Å². The monoisotopic (exact) mass is 192 g/mol. The lowest BCUT2D eigenvalue weighted by Gasteiger charge is -2.06. The fourth-order valence-corrected chi connectivity index (χ4v) is 1.44. The zero-order valence-electron chi connectivity index (χ0n) is 8.66. The normalized spacial score (nSPS) is 24.4. The Morgan fingerprint density at radius 3 is 3.00 bits per heavy atom. The average molecular weight is 192 g/mol. The first-order chi connectivity index (χ1) is 6.79. The molecular formula is C11H16N2O. The second-order valence-corrected chi connectivity index (χ2v) is 3.76. The van der Waals surface area contributed by atoms with Crippen LogP contribution in [-0.2, 0) is 0 Å². The van der Waals surface area contributed by atoms with Crippen LogP contribution in [0, 0.1) is 5.92 Å². The molecule has 0 saturated heterocycles. The van der Waals surface area contributed by atoms with E-state index in [4.69, 9.17) is 4.74 Å². The lowest BCUT2D eigenvalue weighted by molar-refractivity contribution is 0.327. The molecule has 2 rings (SSSR count). The van der Waals surface area contributed by atoms with Crippen LogP contribution in [0.25, 0.3) is 0 Å². The van der Waals surface area contributed by atoms with E-state index in [9.17, 15) is 0 Å². The van der Waals surface area contributed by atoms with Crippen LogP contribution in [0.2, 0.25) is 0 Å². The molecule has 1 fully saturated rings. The fraction of sp³-hybridized carbons (Fsp3) is 0.545. The second kappa shape index (κ2) is 3.86. The molecule has 1 N–H and O–H groups in total. The molecule has 0 aromatic carbocycles. The number of hydrogen-bond acceptors (Lipinski definition) is 3. The quantitative estimate of drug-likeness (QED) is 0.794.